The average molecular weight is 333 g/mol. The fraction of sp³-hybridized carbons (Fsp3) is 0.250. The van der Waals surface area contributed by atoms with Gasteiger partial charge in [0.05, 0.1) is 11.1 Å². The Morgan fingerprint density at radius 3 is 2.54 bits per heavy atom. The van der Waals surface area contributed by atoms with Crippen LogP contribution in [0.1, 0.15) is 23.2 Å². The van der Waals surface area contributed by atoms with Gasteiger partial charge in [0.1, 0.15) is 5.82 Å². The third kappa shape index (κ3) is 4.73. The Balaban J connectivity index is 1.78. The molecular weight excluding hydrogens is 317 g/mol. The number of pyridine rings is 1. The smallest absolute Gasteiger partial charge is 0.285 e. The van der Waals surface area contributed by atoms with Gasteiger partial charge in [-0.05, 0) is 37.1 Å². The monoisotopic (exact) mass is 333 g/mol. The Morgan fingerprint density at radius 1 is 1.17 bits per heavy atom. The Morgan fingerprint density at radius 2 is 1.88 bits per heavy atom. The molecule has 7 nitrogen and oxygen atoms in total. The van der Waals surface area contributed by atoms with Gasteiger partial charge in [-0.25, -0.2) is 4.39 Å². The van der Waals surface area contributed by atoms with Crippen LogP contribution in [0.2, 0.25) is 0 Å². The normalized spacial score (nSPS) is 10.4. The summed E-state index contributed by atoms with van der Waals surface area (Å²) in [6.45, 7) is 0.715. The summed E-state index contributed by atoms with van der Waals surface area (Å²) < 4.78 is 14.1. The van der Waals surface area contributed by atoms with Crippen molar-refractivity contribution < 1.29 is 14.1 Å². The zero-order valence-electron chi connectivity index (χ0n) is 12.8. The highest BCUT2D eigenvalue weighted by Gasteiger charge is 2.08. The van der Waals surface area contributed by atoms with E-state index in [-0.39, 0.29) is 17.2 Å². The molecule has 0 bridgehead atoms. The number of halogens is 1. The molecule has 0 fully saturated rings. The number of aromatic nitrogens is 1. The molecule has 24 heavy (non-hydrogen) atoms. The van der Waals surface area contributed by atoms with Crippen LogP contribution in [0.4, 0.5) is 10.1 Å². The molecule has 1 N–H and O–H groups in total. The number of carbonyl (C=O) groups excluding carboxylic acids is 1. The van der Waals surface area contributed by atoms with Gasteiger partial charge in [0.15, 0.2) is 0 Å². The summed E-state index contributed by atoms with van der Waals surface area (Å²) in [4.78, 5) is 33.6. The van der Waals surface area contributed by atoms with Gasteiger partial charge < -0.3 is 9.88 Å². The van der Waals surface area contributed by atoms with E-state index in [1.165, 1.54) is 41.1 Å². The van der Waals surface area contributed by atoms with Gasteiger partial charge in [-0.15, -0.1) is 0 Å². The number of nitrogens with one attached hydrogen (secondary N) is 1. The van der Waals surface area contributed by atoms with E-state index < -0.39 is 10.7 Å². The Kier molecular flexibility index (Phi) is 5.78. The molecule has 0 aliphatic carbocycles. The van der Waals surface area contributed by atoms with E-state index >= 15 is 0 Å². The fourth-order valence-electron chi connectivity index (χ4n) is 2.11. The van der Waals surface area contributed by atoms with Crippen LogP contribution in [-0.2, 0) is 6.54 Å². The summed E-state index contributed by atoms with van der Waals surface area (Å²) in [6, 6.07) is 7.55. The van der Waals surface area contributed by atoms with Crippen molar-refractivity contribution in [2.45, 2.75) is 19.4 Å². The zero-order chi connectivity index (χ0) is 17.5. The first-order valence-electron chi connectivity index (χ1n) is 7.36. The van der Waals surface area contributed by atoms with Gasteiger partial charge in [0.2, 0.25) is 0 Å². The van der Waals surface area contributed by atoms with Gasteiger partial charge in [-0.1, -0.05) is 0 Å². The molecule has 126 valence electrons. The first-order chi connectivity index (χ1) is 11.5. The maximum Gasteiger partial charge on any atom is 0.285 e. The van der Waals surface area contributed by atoms with Crippen LogP contribution in [0.5, 0.6) is 0 Å². The highest BCUT2D eigenvalue weighted by atomic mass is 19.1. The number of hydrogen-bond acceptors (Lipinski definition) is 4. The number of aryl methyl sites for hydroxylation is 1. The maximum atomic E-state index is 12.8. The van der Waals surface area contributed by atoms with Crippen molar-refractivity contribution in [3.05, 3.63) is 74.4 Å². The van der Waals surface area contributed by atoms with E-state index in [4.69, 9.17) is 0 Å². The van der Waals surface area contributed by atoms with Crippen molar-refractivity contribution in [3.8, 4) is 0 Å². The molecule has 2 rings (SSSR count). The first-order valence-corrected chi connectivity index (χ1v) is 7.36. The number of carbonyl (C=O) groups is 1. The minimum Gasteiger partial charge on any atom is -0.352 e. The second kappa shape index (κ2) is 8.00. The lowest BCUT2D eigenvalue weighted by Crippen LogP contribution is -2.25. The number of nitrogens with zero attached hydrogens (tertiary/aromatic N) is 2. The highest BCUT2D eigenvalue weighted by molar-refractivity contribution is 5.94. The van der Waals surface area contributed by atoms with Gasteiger partial charge in [0, 0.05) is 30.8 Å². The minimum absolute atomic E-state index is 0.140. The maximum absolute atomic E-state index is 12.8. The lowest BCUT2D eigenvalue weighted by Gasteiger charge is -2.07. The summed E-state index contributed by atoms with van der Waals surface area (Å²) in [5.41, 5.74) is -0.0820. The van der Waals surface area contributed by atoms with E-state index in [2.05, 4.69) is 5.32 Å². The number of benzene rings is 1. The summed E-state index contributed by atoms with van der Waals surface area (Å²) >= 11 is 0. The topological polar surface area (TPSA) is 94.2 Å². The van der Waals surface area contributed by atoms with Crippen LogP contribution in [0.3, 0.4) is 0 Å². The molecule has 1 amide bonds. The molecule has 0 saturated heterocycles. The van der Waals surface area contributed by atoms with Crippen molar-refractivity contribution in [3.63, 3.8) is 0 Å². The van der Waals surface area contributed by atoms with E-state index in [1.54, 1.807) is 0 Å². The predicted octanol–water partition coefficient (Wildman–Crippen LogP) is 2.11. The molecule has 0 aliphatic rings. The Hall–Kier alpha value is -3.03. The van der Waals surface area contributed by atoms with Crippen LogP contribution in [0.25, 0.3) is 0 Å². The van der Waals surface area contributed by atoms with Crippen LogP contribution in [-0.4, -0.2) is 21.9 Å². The summed E-state index contributed by atoms with van der Waals surface area (Å²) in [6.07, 6.45) is 2.38. The molecule has 0 atom stereocenters. The Bertz CT molecular complexity index is 787. The lowest BCUT2D eigenvalue weighted by atomic mass is 10.2. The average Bonchev–Trinajstić information content (AvgIpc) is 2.56. The van der Waals surface area contributed by atoms with Gasteiger partial charge in [-0.3, -0.25) is 19.7 Å². The quantitative estimate of drug-likeness (QED) is 0.477. The van der Waals surface area contributed by atoms with Crippen molar-refractivity contribution in [2.75, 3.05) is 6.54 Å². The SMILES string of the molecule is O=C(NCCCCn1cc([N+](=O)[O-])ccc1=O)c1ccc(F)cc1. The van der Waals surface area contributed by atoms with Crippen molar-refractivity contribution >= 4 is 11.6 Å². The molecule has 1 heterocycles. The highest BCUT2D eigenvalue weighted by Crippen LogP contribution is 2.07. The first kappa shape index (κ1) is 17.3. The molecule has 8 heteroatoms. The lowest BCUT2D eigenvalue weighted by molar-refractivity contribution is -0.385. The molecule has 1 aromatic carbocycles. The molecule has 2 aromatic rings. The molecule has 0 radical (unpaired) electrons. The number of nitro groups is 1. The third-order valence-corrected chi connectivity index (χ3v) is 3.40. The Labute approximate surface area is 136 Å². The molecule has 0 aliphatic heterocycles. The van der Waals surface area contributed by atoms with E-state index in [9.17, 15) is 24.1 Å². The molecule has 0 spiro atoms. The summed E-state index contributed by atoms with van der Waals surface area (Å²) in [5.74, 6) is -0.712. The minimum atomic E-state index is -0.557. The zero-order valence-corrected chi connectivity index (χ0v) is 12.8. The number of unbranched alkanes of at least 4 members (excludes halogenated alkanes) is 1. The summed E-state index contributed by atoms with van der Waals surface area (Å²) in [5, 5.41) is 13.4. The third-order valence-electron chi connectivity index (χ3n) is 3.40. The van der Waals surface area contributed by atoms with Crippen LogP contribution < -0.4 is 10.9 Å². The molecule has 1 aromatic heterocycles. The van der Waals surface area contributed by atoms with Gasteiger partial charge in [0.25, 0.3) is 17.2 Å². The van der Waals surface area contributed by atoms with Crippen molar-refractivity contribution in [1.82, 2.24) is 9.88 Å². The second-order valence-electron chi connectivity index (χ2n) is 5.15. The second-order valence-corrected chi connectivity index (χ2v) is 5.15. The van der Waals surface area contributed by atoms with Crippen LogP contribution >= 0.6 is 0 Å². The van der Waals surface area contributed by atoms with Crippen LogP contribution in [0, 0.1) is 15.9 Å². The van der Waals surface area contributed by atoms with Crippen molar-refractivity contribution in [1.29, 1.82) is 0 Å². The van der Waals surface area contributed by atoms with Crippen molar-refractivity contribution in [2.24, 2.45) is 0 Å². The molecule has 0 unspecified atom stereocenters. The van der Waals surface area contributed by atoms with E-state index in [1.807, 2.05) is 0 Å². The van der Waals surface area contributed by atoms with Gasteiger partial charge in [-0.2, -0.15) is 0 Å². The molecule has 0 saturated carbocycles. The number of hydrogen-bond donors (Lipinski definition) is 1. The fourth-order valence-corrected chi connectivity index (χ4v) is 2.11. The van der Waals surface area contributed by atoms with Gasteiger partial charge >= 0.3 is 0 Å². The standard InChI is InChI=1S/C16H16FN3O4/c17-13-5-3-12(4-6-13)16(22)18-9-1-2-10-19-11-14(20(23)24)7-8-15(19)21/h3-8,11H,1-2,9-10H2,(H,18,22). The summed E-state index contributed by atoms with van der Waals surface area (Å²) in [7, 11) is 0. The largest absolute Gasteiger partial charge is 0.352 e. The number of amides is 1. The number of rotatable bonds is 7. The van der Waals surface area contributed by atoms with Crippen LogP contribution in [0.15, 0.2) is 47.4 Å². The van der Waals surface area contributed by atoms with E-state index in [0.717, 1.165) is 6.07 Å². The molecular formula is C16H16FN3O4. The van der Waals surface area contributed by atoms with E-state index in [0.29, 0.717) is 31.5 Å². The predicted molar refractivity (Wildman–Crippen MR) is 85.3 cm³/mol.